The molecule has 0 amide bonds. The van der Waals surface area contributed by atoms with Crippen LogP contribution in [-0.4, -0.2) is 11.6 Å². The van der Waals surface area contributed by atoms with Gasteiger partial charge in [-0.3, -0.25) is 0 Å². The van der Waals surface area contributed by atoms with Gasteiger partial charge in [-0.2, -0.15) is 4.39 Å². The summed E-state index contributed by atoms with van der Waals surface area (Å²) in [5, 5.41) is 0. The Balaban J connectivity index is 2.90. The van der Waals surface area contributed by atoms with Crippen LogP contribution in [0.4, 0.5) is 4.39 Å². The Morgan fingerprint density at radius 1 is 1.64 bits per heavy atom. The number of aromatic nitrogens is 1. The van der Waals surface area contributed by atoms with E-state index in [0.29, 0.717) is 16.1 Å². The van der Waals surface area contributed by atoms with E-state index in [0.717, 1.165) is 0 Å². The van der Waals surface area contributed by atoms with Crippen molar-refractivity contribution in [1.29, 1.82) is 0 Å². The first-order valence-electron chi connectivity index (χ1n) is 3.19. The van der Waals surface area contributed by atoms with Crippen molar-refractivity contribution in [2.24, 2.45) is 0 Å². The normalized spacial score (nSPS) is 9.73. The van der Waals surface area contributed by atoms with Gasteiger partial charge >= 0.3 is 0 Å². The highest BCUT2D eigenvalue weighted by molar-refractivity contribution is 14.1. The topological polar surface area (TPSA) is 22.1 Å². The van der Waals surface area contributed by atoms with Crippen LogP contribution >= 0.6 is 22.6 Å². The highest BCUT2D eigenvalue weighted by atomic mass is 127. The first kappa shape index (κ1) is 8.70. The lowest BCUT2D eigenvalue weighted by molar-refractivity contribution is 0.334. The molecule has 0 aliphatic heterocycles. The zero-order chi connectivity index (χ0) is 8.27. The number of nitrogens with zero attached hydrogens (tertiary/aromatic N) is 1. The fraction of sp³-hybridized carbons (Fsp3) is 0.286. The maximum absolute atomic E-state index is 12.4. The maximum Gasteiger partial charge on any atom is 0.214 e. The number of halogens is 2. The summed E-state index contributed by atoms with van der Waals surface area (Å²) in [5.74, 6) is 0.160. The van der Waals surface area contributed by atoms with Crippen LogP contribution < -0.4 is 4.74 Å². The number of rotatable bonds is 2. The van der Waals surface area contributed by atoms with E-state index >= 15 is 0 Å². The van der Waals surface area contributed by atoms with Crippen LogP contribution in [0.2, 0.25) is 0 Å². The van der Waals surface area contributed by atoms with Crippen molar-refractivity contribution in [3.8, 4) is 5.75 Å². The molecule has 0 fully saturated rings. The van der Waals surface area contributed by atoms with Crippen molar-refractivity contribution in [1.82, 2.24) is 4.98 Å². The third-order valence-electron chi connectivity index (χ3n) is 1.08. The van der Waals surface area contributed by atoms with E-state index < -0.39 is 5.95 Å². The van der Waals surface area contributed by atoms with Gasteiger partial charge in [0, 0.05) is 0 Å². The monoisotopic (exact) mass is 267 g/mol. The number of ether oxygens (including phenoxy) is 1. The molecular weight excluding hydrogens is 260 g/mol. The van der Waals surface area contributed by atoms with E-state index in [-0.39, 0.29) is 0 Å². The van der Waals surface area contributed by atoms with Crippen LogP contribution in [0, 0.1) is 9.65 Å². The second-order valence-electron chi connectivity index (χ2n) is 1.86. The quantitative estimate of drug-likeness (QED) is 0.605. The summed E-state index contributed by atoms with van der Waals surface area (Å²) in [6, 6.07) is 2.86. The molecule has 0 atom stereocenters. The molecule has 0 radical (unpaired) electrons. The lowest BCUT2D eigenvalue weighted by Gasteiger charge is -2.03. The number of pyridine rings is 1. The average Bonchev–Trinajstić information content (AvgIpc) is 1.95. The fourth-order valence-electron chi connectivity index (χ4n) is 0.663. The van der Waals surface area contributed by atoms with E-state index in [4.69, 9.17) is 4.74 Å². The Morgan fingerprint density at radius 3 is 2.91 bits per heavy atom. The van der Waals surface area contributed by atoms with Gasteiger partial charge in [0.05, 0.1) is 6.61 Å². The highest BCUT2D eigenvalue weighted by Crippen LogP contribution is 2.17. The molecule has 11 heavy (non-hydrogen) atoms. The first-order valence-corrected chi connectivity index (χ1v) is 4.26. The molecule has 1 aromatic rings. The van der Waals surface area contributed by atoms with E-state index in [1.54, 1.807) is 6.07 Å². The van der Waals surface area contributed by atoms with Gasteiger partial charge in [-0.15, -0.1) is 0 Å². The molecule has 4 heteroatoms. The van der Waals surface area contributed by atoms with Gasteiger partial charge in [-0.25, -0.2) is 4.98 Å². The summed E-state index contributed by atoms with van der Waals surface area (Å²) >= 11 is 1.93. The molecule has 0 aromatic carbocycles. The molecule has 0 aliphatic carbocycles. The third-order valence-corrected chi connectivity index (χ3v) is 1.85. The standard InChI is InChI=1S/C7H7FINO/c1-2-11-5-3-4-6(8)10-7(5)9/h3-4H,2H2,1H3. The van der Waals surface area contributed by atoms with Crippen LogP contribution in [-0.2, 0) is 0 Å². The first-order chi connectivity index (χ1) is 5.24. The Hall–Kier alpha value is -0.390. The molecular formula is C7H7FINO. The summed E-state index contributed by atoms with van der Waals surface area (Å²) < 4.78 is 18.1. The second kappa shape index (κ2) is 3.85. The minimum absolute atomic E-state index is 0.474. The Labute approximate surface area is 77.9 Å². The van der Waals surface area contributed by atoms with Gasteiger partial charge in [0.15, 0.2) is 5.75 Å². The summed E-state index contributed by atoms with van der Waals surface area (Å²) in [6.45, 7) is 2.45. The van der Waals surface area contributed by atoms with E-state index in [2.05, 4.69) is 4.98 Å². The van der Waals surface area contributed by atoms with E-state index in [1.807, 2.05) is 29.5 Å². The summed E-state index contributed by atoms with van der Waals surface area (Å²) in [4.78, 5) is 3.59. The van der Waals surface area contributed by atoms with Gasteiger partial charge in [0.1, 0.15) is 3.70 Å². The average molecular weight is 267 g/mol. The van der Waals surface area contributed by atoms with Gasteiger partial charge in [-0.1, -0.05) is 0 Å². The van der Waals surface area contributed by atoms with E-state index in [9.17, 15) is 4.39 Å². The highest BCUT2D eigenvalue weighted by Gasteiger charge is 2.01. The molecule has 2 nitrogen and oxygen atoms in total. The second-order valence-corrected chi connectivity index (χ2v) is 2.88. The molecule has 0 saturated heterocycles. The Bertz CT molecular complexity index is 254. The van der Waals surface area contributed by atoms with Gasteiger partial charge in [0.25, 0.3) is 0 Å². The minimum Gasteiger partial charge on any atom is -0.491 e. The molecule has 0 N–H and O–H groups in total. The SMILES string of the molecule is CCOc1ccc(F)nc1I. The lowest BCUT2D eigenvalue weighted by Crippen LogP contribution is -1.96. The van der Waals surface area contributed by atoms with Crippen molar-refractivity contribution in [3.05, 3.63) is 21.8 Å². The molecule has 1 rings (SSSR count). The number of hydrogen-bond acceptors (Lipinski definition) is 2. The van der Waals surface area contributed by atoms with Gasteiger partial charge in [-0.05, 0) is 41.6 Å². The molecule has 0 bridgehead atoms. The smallest absolute Gasteiger partial charge is 0.214 e. The van der Waals surface area contributed by atoms with Crippen LogP contribution in [0.1, 0.15) is 6.92 Å². The maximum atomic E-state index is 12.4. The molecule has 0 spiro atoms. The van der Waals surface area contributed by atoms with Gasteiger partial charge < -0.3 is 4.74 Å². The summed E-state index contributed by atoms with van der Waals surface area (Å²) in [7, 11) is 0. The number of hydrogen-bond donors (Lipinski definition) is 0. The largest absolute Gasteiger partial charge is 0.491 e. The zero-order valence-electron chi connectivity index (χ0n) is 5.97. The van der Waals surface area contributed by atoms with Crippen molar-refractivity contribution < 1.29 is 9.13 Å². The van der Waals surface area contributed by atoms with Crippen molar-refractivity contribution in [2.45, 2.75) is 6.92 Å². The molecule has 60 valence electrons. The van der Waals surface area contributed by atoms with Crippen LogP contribution in [0.3, 0.4) is 0 Å². The van der Waals surface area contributed by atoms with Crippen LogP contribution in [0.5, 0.6) is 5.75 Å². The molecule has 1 aromatic heterocycles. The summed E-state index contributed by atoms with van der Waals surface area (Å²) in [5.41, 5.74) is 0. The third kappa shape index (κ3) is 2.28. The molecule has 0 unspecified atom stereocenters. The molecule has 0 aliphatic rings. The van der Waals surface area contributed by atoms with Gasteiger partial charge in [0.2, 0.25) is 5.95 Å². The summed E-state index contributed by atoms with van der Waals surface area (Å²) in [6.07, 6.45) is 0. The Kier molecular flexibility index (Phi) is 3.04. The molecule has 1 heterocycles. The molecule has 0 saturated carbocycles. The van der Waals surface area contributed by atoms with E-state index in [1.165, 1.54) is 6.07 Å². The van der Waals surface area contributed by atoms with Crippen molar-refractivity contribution in [2.75, 3.05) is 6.61 Å². The predicted octanol–water partition coefficient (Wildman–Crippen LogP) is 2.22. The van der Waals surface area contributed by atoms with Crippen molar-refractivity contribution >= 4 is 22.6 Å². The van der Waals surface area contributed by atoms with Crippen LogP contribution in [0.25, 0.3) is 0 Å². The zero-order valence-corrected chi connectivity index (χ0v) is 8.13. The fourth-order valence-corrected chi connectivity index (χ4v) is 1.23. The Morgan fingerprint density at radius 2 is 2.36 bits per heavy atom. The van der Waals surface area contributed by atoms with Crippen LogP contribution in [0.15, 0.2) is 12.1 Å². The van der Waals surface area contributed by atoms with Crippen molar-refractivity contribution in [3.63, 3.8) is 0 Å². The predicted molar refractivity (Wildman–Crippen MR) is 48.1 cm³/mol. The minimum atomic E-state index is -0.474. The lowest BCUT2D eigenvalue weighted by atomic mass is 10.4.